The SMILES string of the molecule is OC1COCC1N1CCN(c2cc3nc(Nc4cnn(C56CC(C5)C6)c4Cl)ncc3cc2Cl)CC1. The zero-order valence-corrected chi connectivity index (χ0v) is 20.7. The van der Waals surface area contributed by atoms with E-state index in [0.717, 1.165) is 54.4 Å². The lowest BCUT2D eigenvalue weighted by Gasteiger charge is -2.61. The number of hydrogen-bond acceptors (Lipinski definition) is 8. The third kappa shape index (κ3) is 3.59. The lowest BCUT2D eigenvalue weighted by molar-refractivity contribution is -0.0975. The van der Waals surface area contributed by atoms with Crippen LogP contribution in [0.25, 0.3) is 10.9 Å². The van der Waals surface area contributed by atoms with Crippen LogP contribution in [0.2, 0.25) is 10.2 Å². The van der Waals surface area contributed by atoms with E-state index in [1.807, 2.05) is 16.8 Å². The number of aromatic nitrogens is 4. The fourth-order valence-corrected chi connectivity index (χ4v) is 6.69. The highest BCUT2D eigenvalue weighted by Gasteiger charge is 2.59. The second-order valence-electron chi connectivity index (χ2n) is 10.3. The van der Waals surface area contributed by atoms with Gasteiger partial charge in [0, 0.05) is 37.8 Å². The van der Waals surface area contributed by atoms with Gasteiger partial charge in [0.05, 0.1) is 59.0 Å². The number of rotatable bonds is 5. The van der Waals surface area contributed by atoms with Gasteiger partial charge < -0.3 is 20.1 Å². The highest BCUT2D eigenvalue weighted by atomic mass is 35.5. The molecule has 0 spiro atoms. The average molecular weight is 516 g/mol. The van der Waals surface area contributed by atoms with Gasteiger partial charge >= 0.3 is 0 Å². The second kappa shape index (κ2) is 8.18. The summed E-state index contributed by atoms with van der Waals surface area (Å²) in [6, 6.07) is 4.03. The molecule has 2 saturated heterocycles. The number of anilines is 3. The van der Waals surface area contributed by atoms with Crippen LogP contribution in [0.5, 0.6) is 0 Å². The topological polar surface area (TPSA) is 91.6 Å². The molecule has 4 heterocycles. The summed E-state index contributed by atoms with van der Waals surface area (Å²) in [6.07, 6.45) is 6.65. The summed E-state index contributed by atoms with van der Waals surface area (Å²) < 4.78 is 7.40. The molecule has 3 aliphatic carbocycles. The Labute approximate surface area is 213 Å². The zero-order chi connectivity index (χ0) is 23.7. The Bertz CT molecular complexity index is 1280. The van der Waals surface area contributed by atoms with E-state index < -0.39 is 6.10 Å². The van der Waals surface area contributed by atoms with Gasteiger partial charge in [0.15, 0.2) is 5.15 Å². The maximum Gasteiger partial charge on any atom is 0.227 e. The average Bonchev–Trinajstić information content (AvgIpc) is 3.38. The summed E-state index contributed by atoms with van der Waals surface area (Å²) in [7, 11) is 0. The van der Waals surface area contributed by atoms with Crippen molar-refractivity contribution in [2.75, 3.05) is 49.6 Å². The molecule has 5 aliphatic rings. The summed E-state index contributed by atoms with van der Waals surface area (Å²) in [5.74, 6) is 1.33. The maximum absolute atomic E-state index is 10.2. The van der Waals surface area contributed by atoms with Crippen molar-refractivity contribution in [1.82, 2.24) is 24.6 Å². The first-order valence-corrected chi connectivity index (χ1v) is 13.0. The smallest absolute Gasteiger partial charge is 0.227 e. The van der Waals surface area contributed by atoms with E-state index >= 15 is 0 Å². The number of piperazine rings is 1. The highest BCUT2D eigenvalue weighted by Crippen LogP contribution is 2.63. The molecule has 5 fully saturated rings. The van der Waals surface area contributed by atoms with Crippen LogP contribution < -0.4 is 10.2 Å². The molecule has 3 aromatic rings. The van der Waals surface area contributed by atoms with Crippen molar-refractivity contribution in [2.24, 2.45) is 5.92 Å². The fraction of sp³-hybridized carbons (Fsp3) is 0.542. The number of halogens is 2. The highest BCUT2D eigenvalue weighted by molar-refractivity contribution is 6.34. The molecule has 1 aromatic carbocycles. The third-order valence-electron chi connectivity index (χ3n) is 8.21. The van der Waals surface area contributed by atoms with E-state index in [1.54, 1.807) is 12.4 Å². The number of hydrogen-bond donors (Lipinski definition) is 2. The quantitative estimate of drug-likeness (QED) is 0.534. The lowest BCUT2D eigenvalue weighted by Crippen LogP contribution is -2.59. The van der Waals surface area contributed by atoms with Crippen LogP contribution in [-0.4, -0.2) is 81.3 Å². The summed E-state index contributed by atoms with van der Waals surface area (Å²) in [6.45, 7) is 4.35. The van der Waals surface area contributed by atoms with Crippen LogP contribution in [0.3, 0.4) is 0 Å². The van der Waals surface area contributed by atoms with Gasteiger partial charge in [0.2, 0.25) is 5.95 Å². The molecule has 11 heteroatoms. The van der Waals surface area contributed by atoms with Gasteiger partial charge in [-0.3, -0.25) is 4.90 Å². The predicted molar refractivity (Wildman–Crippen MR) is 135 cm³/mol. The zero-order valence-electron chi connectivity index (χ0n) is 19.2. The van der Waals surface area contributed by atoms with Crippen molar-refractivity contribution in [3.63, 3.8) is 0 Å². The van der Waals surface area contributed by atoms with Crippen molar-refractivity contribution < 1.29 is 9.84 Å². The Morgan fingerprint density at radius 1 is 1.06 bits per heavy atom. The molecule has 0 amide bonds. The van der Waals surface area contributed by atoms with Crippen molar-refractivity contribution >= 4 is 51.4 Å². The molecular weight excluding hydrogens is 489 g/mol. The molecule has 8 rings (SSSR count). The lowest BCUT2D eigenvalue weighted by atomic mass is 9.50. The molecule has 3 saturated carbocycles. The van der Waals surface area contributed by atoms with Crippen molar-refractivity contribution in [3.8, 4) is 0 Å². The van der Waals surface area contributed by atoms with E-state index in [1.165, 1.54) is 19.3 Å². The van der Waals surface area contributed by atoms with Crippen molar-refractivity contribution in [3.05, 3.63) is 34.7 Å². The number of ether oxygens (including phenoxy) is 1. The first-order chi connectivity index (χ1) is 17.0. The first-order valence-electron chi connectivity index (χ1n) is 12.2. The molecule has 0 radical (unpaired) electrons. The van der Waals surface area contributed by atoms with Gasteiger partial charge in [-0.05, 0) is 37.3 Å². The number of benzene rings is 1. The number of nitrogens with one attached hydrogen (secondary N) is 1. The maximum atomic E-state index is 10.2. The van der Waals surface area contributed by atoms with Gasteiger partial charge in [0.1, 0.15) is 0 Å². The Balaban J connectivity index is 1.10. The number of aliphatic hydroxyl groups excluding tert-OH is 1. The molecule has 2 bridgehead atoms. The molecule has 2 N–H and O–H groups in total. The van der Waals surface area contributed by atoms with Crippen LogP contribution in [-0.2, 0) is 10.3 Å². The van der Waals surface area contributed by atoms with Crippen LogP contribution in [0, 0.1) is 5.92 Å². The van der Waals surface area contributed by atoms with Gasteiger partial charge in [-0.2, -0.15) is 5.10 Å². The molecule has 2 atom stereocenters. The minimum atomic E-state index is -0.409. The predicted octanol–water partition coefficient (Wildman–Crippen LogP) is 3.27. The van der Waals surface area contributed by atoms with Crippen LogP contribution >= 0.6 is 23.2 Å². The summed E-state index contributed by atoms with van der Waals surface area (Å²) >= 11 is 13.3. The number of nitrogens with zero attached hydrogens (tertiary/aromatic N) is 6. The van der Waals surface area contributed by atoms with Crippen molar-refractivity contribution in [2.45, 2.75) is 36.9 Å². The number of fused-ring (bicyclic) bond motifs is 1. The van der Waals surface area contributed by atoms with E-state index in [0.29, 0.717) is 29.3 Å². The van der Waals surface area contributed by atoms with Gasteiger partial charge in [-0.1, -0.05) is 23.2 Å². The Morgan fingerprint density at radius 3 is 2.54 bits per heavy atom. The fourth-order valence-electron chi connectivity index (χ4n) is 6.08. The Morgan fingerprint density at radius 2 is 1.86 bits per heavy atom. The molecule has 2 aromatic heterocycles. The van der Waals surface area contributed by atoms with E-state index in [2.05, 4.69) is 25.2 Å². The minimum Gasteiger partial charge on any atom is -0.389 e. The minimum absolute atomic E-state index is 0.0800. The van der Waals surface area contributed by atoms with Crippen LogP contribution in [0.1, 0.15) is 19.3 Å². The number of aliphatic hydroxyl groups is 1. The Kier molecular flexibility index (Phi) is 5.15. The van der Waals surface area contributed by atoms with Gasteiger partial charge in [-0.25, -0.2) is 14.6 Å². The summed E-state index contributed by atoms with van der Waals surface area (Å²) in [5, 5.41) is 20.1. The molecule has 9 nitrogen and oxygen atoms in total. The van der Waals surface area contributed by atoms with Crippen LogP contribution in [0.15, 0.2) is 24.5 Å². The van der Waals surface area contributed by atoms with Crippen molar-refractivity contribution in [1.29, 1.82) is 0 Å². The molecule has 184 valence electrons. The third-order valence-corrected chi connectivity index (χ3v) is 8.87. The molecule has 35 heavy (non-hydrogen) atoms. The monoisotopic (exact) mass is 515 g/mol. The Hall–Kier alpha value is -2.17. The largest absolute Gasteiger partial charge is 0.389 e. The normalized spacial score (nSPS) is 30.4. The molecular formula is C24H27Cl2N7O2. The molecule has 2 unspecified atom stereocenters. The van der Waals surface area contributed by atoms with Crippen LogP contribution in [0.4, 0.5) is 17.3 Å². The second-order valence-corrected chi connectivity index (χ2v) is 11.1. The first kappa shape index (κ1) is 22.1. The standard InChI is InChI=1S/C24H27Cl2N7O2/c25-16-5-15-10-27-23(30-18-11-28-33(22(18)26)24-7-14(8-24)9-24)29-17(15)6-19(16)31-1-3-32(4-2-31)20-12-35-13-21(20)34/h5-6,10-11,14,20-21,34H,1-4,7-9,12-13H2,(H,27,29,30). The van der Waals surface area contributed by atoms with Gasteiger partial charge in [0.25, 0.3) is 0 Å². The van der Waals surface area contributed by atoms with Gasteiger partial charge in [-0.15, -0.1) is 0 Å². The molecule has 2 aliphatic heterocycles. The van der Waals surface area contributed by atoms with E-state index in [4.69, 9.17) is 32.9 Å². The van der Waals surface area contributed by atoms with E-state index in [9.17, 15) is 5.11 Å². The van der Waals surface area contributed by atoms with E-state index in [-0.39, 0.29) is 11.6 Å². The summed E-state index contributed by atoms with van der Waals surface area (Å²) in [4.78, 5) is 13.8. The summed E-state index contributed by atoms with van der Waals surface area (Å²) in [5.41, 5.74) is 2.62.